The van der Waals surface area contributed by atoms with Crippen LogP contribution in [-0.2, 0) is 4.74 Å². The Bertz CT molecular complexity index is 440. The quantitative estimate of drug-likeness (QED) is 0.830. The van der Waals surface area contributed by atoms with Crippen molar-refractivity contribution in [1.29, 1.82) is 0 Å². The summed E-state index contributed by atoms with van der Waals surface area (Å²) in [5.41, 5.74) is 0.0602. The number of likely N-dealkylation sites (tertiary alicyclic amines) is 1. The van der Waals surface area contributed by atoms with Crippen molar-refractivity contribution in [2.45, 2.75) is 81.9 Å². The fourth-order valence-corrected chi connectivity index (χ4v) is 4.97. The minimum Gasteiger partial charge on any atom is -0.375 e. The van der Waals surface area contributed by atoms with Crippen molar-refractivity contribution in [3.8, 4) is 0 Å². The molecular formula is C19H33N3O2. The molecule has 2 aliphatic heterocycles. The minimum absolute atomic E-state index is 0.0257. The number of urea groups is 1. The largest absolute Gasteiger partial charge is 0.375 e. The van der Waals surface area contributed by atoms with E-state index in [2.05, 4.69) is 15.5 Å². The topological polar surface area (TPSA) is 53.6 Å². The Morgan fingerprint density at radius 2 is 1.96 bits per heavy atom. The first-order valence-electron chi connectivity index (χ1n) is 10.1. The fourth-order valence-electron chi connectivity index (χ4n) is 4.97. The van der Waals surface area contributed by atoms with Crippen LogP contribution in [0.2, 0.25) is 0 Å². The van der Waals surface area contributed by atoms with Gasteiger partial charge in [0.1, 0.15) is 0 Å². The van der Waals surface area contributed by atoms with E-state index in [1.54, 1.807) is 0 Å². The van der Waals surface area contributed by atoms with Crippen molar-refractivity contribution in [1.82, 2.24) is 15.5 Å². The first-order chi connectivity index (χ1) is 11.7. The molecule has 24 heavy (non-hydrogen) atoms. The lowest BCUT2D eigenvalue weighted by atomic mass is 9.78. The summed E-state index contributed by atoms with van der Waals surface area (Å²) in [5.74, 6) is 0.635. The van der Waals surface area contributed by atoms with Crippen LogP contribution in [-0.4, -0.2) is 54.9 Å². The first-order valence-corrected chi connectivity index (χ1v) is 10.1. The van der Waals surface area contributed by atoms with Crippen LogP contribution in [0.25, 0.3) is 0 Å². The lowest BCUT2D eigenvalue weighted by molar-refractivity contribution is -0.107. The third-order valence-corrected chi connectivity index (χ3v) is 6.52. The van der Waals surface area contributed by atoms with Crippen molar-refractivity contribution in [3.63, 3.8) is 0 Å². The molecule has 2 aliphatic carbocycles. The van der Waals surface area contributed by atoms with Gasteiger partial charge in [0.05, 0.1) is 5.60 Å². The van der Waals surface area contributed by atoms with Crippen LogP contribution >= 0.6 is 0 Å². The molecule has 4 fully saturated rings. The summed E-state index contributed by atoms with van der Waals surface area (Å²) in [7, 11) is 0. The van der Waals surface area contributed by atoms with Crippen LogP contribution in [0.5, 0.6) is 0 Å². The Morgan fingerprint density at radius 1 is 1.12 bits per heavy atom. The molecule has 2 atom stereocenters. The monoisotopic (exact) mass is 335 g/mol. The van der Waals surface area contributed by atoms with Crippen molar-refractivity contribution in [2.75, 3.05) is 26.2 Å². The van der Waals surface area contributed by atoms with Crippen LogP contribution in [0.4, 0.5) is 4.79 Å². The molecule has 1 spiro atoms. The molecule has 136 valence electrons. The van der Waals surface area contributed by atoms with E-state index < -0.39 is 0 Å². The second-order valence-corrected chi connectivity index (χ2v) is 8.52. The maximum atomic E-state index is 12.3. The molecule has 0 aromatic rings. The third kappa shape index (κ3) is 4.05. The molecule has 2 saturated carbocycles. The second kappa shape index (κ2) is 7.20. The van der Waals surface area contributed by atoms with Crippen LogP contribution in [0.15, 0.2) is 0 Å². The predicted octanol–water partition coefficient (Wildman–Crippen LogP) is 2.65. The number of nitrogens with one attached hydrogen (secondary N) is 2. The number of hydrogen-bond donors (Lipinski definition) is 2. The van der Waals surface area contributed by atoms with Gasteiger partial charge >= 0.3 is 6.03 Å². The number of hydrogen-bond acceptors (Lipinski definition) is 3. The first kappa shape index (κ1) is 16.6. The van der Waals surface area contributed by atoms with Crippen LogP contribution in [0.1, 0.15) is 64.2 Å². The molecule has 4 aliphatic rings. The van der Waals surface area contributed by atoms with Crippen LogP contribution < -0.4 is 10.6 Å². The van der Waals surface area contributed by atoms with Gasteiger partial charge in [-0.2, -0.15) is 0 Å². The van der Waals surface area contributed by atoms with Gasteiger partial charge in [-0.15, -0.1) is 0 Å². The average Bonchev–Trinajstić information content (AvgIpc) is 3.32. The molecule has 2 amide bonds. The van der Waals surface area contributed by atoms with Gasteiger partial charge in [0.25, 0.3) is 0 Å². The standard InChI is InChI=1S/C19H33N3O2/c23-18(20-13-15-6-10-22(14-15)17-4-5-17)21-16-7-11-24-19(12-16)8-2-1-3-9-19/h15-17H,1-14H2,(H2,20,21,23). The highest BCUT2D eigenvalue weighted by Crippen LogP contribution is 2.38. The average molecular weight is 335 g/mol. The highest BCUT2D eigenvalue weighted by atomic mass is 16.5. The highest BCUT2D eigenvalue weighted by Gasteiger charge is 2.39. The van der Waals surface area contributed by atoms with E-state index in [4.69, 9.17) is 4.74 Å². The Morgan fingerprint density at radius 3 is 2.75 bits per heavy atom. The van der Waals surface area contributed by atoms with Gasteiger partial charge in [-0.05, 0) is 57.4 Å². The number of nitrogens with zero attached hydrogens (tertiary/aromatic N) is 1. The van der Waals surface area contributed by atoms with E-state index in [9.17, 15) is 4.79 Å². The van der Waals surface area contributed by atoms with Gasteiger partial charge < -0.3 is 20.3 Å². The summed E-state index contributed by atoms with van der Waals surface area (Å²) < 4.78 is 6.12. The normalized spacial score (nSPS) is 33.5. The molecule has 2 N–H and O–H groups in total. The molecule has 2 heterocycles. The lowest BCUT2D eigenvalue weighted by Crippen LogP contribution is -2.52. The molecule has 2 saturated heterocycles. The van der Waals surface area contributed by atoms with Gasteiger partial charge in [-0.3, -0.25) is 0 Å². The van der Waals surface area contributed by atoms with E-state index >= 15 is 0 Å². The van der Waals surface area contributed by atoms with Crippen LogP contribution in [0.3, 0.4) is 0 Å². The Balaban J connectivity index is 1.18. The zero-order chi connectivity index (χ0) is 16.4. The molecular weight excluding hydrogens is 302 g/mol. The van der Waals surface area contributed by atoms with E-state index in [1.165, 1.54) is 64.5 Å². The van der Waals surface area contributed by atoms with Gasteiger partial charge in [0.2, 0.25) is 0 Å². The van der Waals surface area contributed by atoms with E-state index in [0.717, 1.165) is 32.0 Å². The zero-order valence-corrected chi connectivity index (χ0v) is 14.9. The summed E-state index contributed by atoms with van der Waals surface area (Å²) in [6.07, 6.45) is 12.2. The Labute approximate surface area is 145 Å². The summed E-state index contributed by atoms with van der Waals surface area (Å²) in [5, 5.41) is 6.34. The molecule has 5 nitrogen and oxygen atoms in total. The summed E-state index contributed by atoms with van der Waals surface area (Å²) in [6, 6.07) is 1.17. The Hall–Kier alpha value is -0.810. The minimum atomic E-state index is 0.0257. The number of carbonyl (C=O) groups is 1. The van der Waals surface area contributed by atoms with Gasteiger partial charge in [0.15, 0.2) is 0 Å². The van der Waals surface area contributed by atoms with Gasteiger partial charge in [-0.25, -0.2) is 4.79 Å². The summed E-state index contributed by atoms with van der Waals surface area (Å²) in [6.45, 7) is 4.01. The van der Waals surface area contributed by atoms with Crippen molar-refractivity contribution < 1.29 is 9.53 Å². The molecule has 0 aromatic heterocycles. The Kier molecular flexibility index (Phi) is 5.00. The maximum Gasteiger partial charge on any atom is 0.315 e. The van der Waals surface area contributed by atoms with E-state index in [-0.39, 0.29) is 17.7 Å². The van der Waals surface area contributed by atoms with Crippen molar-refractivity contribution >= 4 is 6.03 Å². The zero-order valence-electron chi connectivity index (χ0n) is 14.9. The molecule has 5 heteroatoms. The third-order valence-electron chi connectivity index (χ3n) is 6.52. The molecule has 0 radical (unpaired) electrons. The fraction of sp³-hybridized carbons (Fsp3) is 0.947. The van der Waals surface area contributed by atoms with Gasteiger partial charge in [-0.1, -0.05) is 19.3 Å². The highest BCUT2D eigenvalue weighted by molar-refractivity contribution is 5.74. The number of carbonyl (C=O) groups excluding carboxylic acids is 1. The van der Waals surface area contributed by atoms with E-state index in [0.29, 0.717) is 5.92 Å². The maximum absolute atomic E-state index is 12.3. The second-order valence-electron chi connectivity index (χ2n) is 8.52. The van der Waals surface area contributed by atoms with Crippen LogP contribution in [0, 0.1) is 5.92 Å². The lowest BCUT2D eigenvalue weighted by Gasteiger charge is -2.43. The summed E-state index contributed by atoms with van der Waals surface area (Å²) in [4.78, 5) is 14.9. The van der Waals surface area contributed by atoms with Crippen molar-refractivity contribution in [2.24, 2.45) is 5.92 Å². The SMILES string of the molecule is O=C(NCC1CCN(C2CC2)C1)NC1CCOC2(CCCCC2)C1. The number of ether oxygens (including phenoxy) is 1. The molecule has 0 bridgehead atoms. The van der Waals surface area contributed by atoms with Crippen molar-refractivity contribution in [3.05, 3.63) is 0 Å². The smallest absolute Gasteiger partial charge is 0.315 e. The molecule has 0 aromatic carbocycles. The molecule has 4 rings (SSSR count). The predicted molar refractivity (Wildman–Crippen MR) is 94.0 cm³/mol. The van der Waals surface area contributed by atoms with Gasteiger partial charge in [0, 0.05) is 31.8 Å². The number of amides is 2. The van der Waals surface area contributed by atoms with E-state index in [1.807, 2.05) is 0 Å². The number of rotatable bonds is 4. The summed E-state index contributed by atoms with van der Waals surface area (Å²) >= 11 is 0. The molecule has 2 unspecified atom stereocenters.